The average Bonchev–Trinajstić information content (AvgIpc) is 3.19. The number of nitrogens with zero attached hydrogens (tertiary/aromatic N) is 1. The molecule has 0 spiro atoms. The standard InChI is InChI=1S/C15H21NO/c1-2-3-11-16(15(17)14-9-10-14)12-13-7-5-4-6-8-13/h4-8,14H,2-3,9-12H2,1H3. The molecule has 1 aliphatic rings. The van der Waals surface area contributed by atoms with Gasteiger partial charge in [-0.05, 0) is 24.8 Å². The molecule has 1 aromatic rings. The quantitative estimate of drug-likeness (QED) is 0.736. The minimum Gasteiger partial charge on any atom is -0.338 e. The second-order valence-corrected chi connectivity index (χ2v) is 4.87. The maximum atomic E-state index is 12.1. The van der Waals surface area contributed by atoms with Gasteiger partial charge in [0.05, 0.1) is 0 Å². The van der Waals surface area contributed by atoms with Crippen LogP contribution in [0.3, 0.4) is 0 Å². The zero-order valence-electron chi connectivity index (χ0n) is 10.6. The van der Waals surface area contributed by atoms with E-state index in [9.17, 15) is 4.79 Å². The van der Waals surface area contributed by atoms with E-state index in [1.165, 1.54) is 5.56 Å². The van der Waals surface area contributed by atoms with Gasteiger partial charge in [0.1, 0.15) is 0 Å². The Hall–Kier alpha value is -1.31. The maximum Gasteiger partial charge on any atom is 0.225 e. The first-order valence-electron chi connectivity index (χ1n) is 6.64. The van der Waals surface area contributed by atoms with Crippen molar-refractivity contribution in [2.45, 2.75) is 39.2 Å². The molecule has 2 nitrogen and oxygen atoms in total. The Balaban J connectivity index is 1.97. The lowest BCUT2D eigenvalue weighted by atomic mass is 10.2. The molecule has 0 N–H and O–H groups in total. The molecule has 92 valence electrons. The van der Waals surface area contributed by atoms with E-state index in [2.05, 4.69) is 19.1 Å². The van der Waals surface area contributed by atoms with Crippen LogP contribution in [-0.4, -0.2) is 17.4 Å². The van der Waals surface area contributed by atoms with E-state index in [4.69, 9.17) is 0 Å². The van der Waals surface area contributed by atoms with Crippen LogP contribution in [0.1, 0.15) is 38.2 Å². The molecular weight excluding hydrogens is 210 g/mol. The summed E-state index contributed by atoms with van der Waals surface area (Å²) < 4.78 is 0. The van der Waals surface area contributed by atoms with E-state index in [0.717, 1.165) is 38.8 Å². The topological polar surface area (TPSA) is 20.3 Å². The molecule has 2 rings (SSSR count). The number of carbonyl (C=O) groups excluding carboxylic acids is 1. The number of unbranched alkanes of at least 4 members (excludes halogenated alkanes) is 1. The zero-order chi connectivity index (χ0) is 12.1. The lowest BCUT2D eigenvalue weighted by molar-refractivity contribution is -0.133. The molecule has 0 heterocycles. The molecule has 1 saturated carbocycles. The smallest absolute Gasteiger partial charge is 0.225 e. The van der Waals surface area contributed by atoms with Crippen LogP contribution in [0.15, 0.2) is 30.3 Å². The molecule has 1 aliphatic carbocycles. The highest BCUT2D eigenvalue weighted by Crippen LogP contribution is 2.31. The van der Waals surface area contributed by atoms with Gasteiger partial charge in [0, 0.05) is 19.0 Å². The molecule has 1 fully saturated rings. The lowest BCUT2D eigenvalue weighted by Crippen LogP contribution is -2.32. The lowest BCUT2D eigenvalue weighted by Gasteiger charge is -2.22. The molecule has 0 unspecified atom stereocenters. The van der Waals surface area contributed by atoms with Crippen molar-refractivity contribution < 1.29 is 4.79 Å². The van der Waals surface area contributed by atoms with Gasteiger partial charge in [-0.2, -0.15) is 0 Å². The molecule has 0 bridgehead atoms. The largest absolute Gasteiger partial charge is 0.338 e. The van der Waals surface area contributed by atoms with Gasteiger partial charge in [-0.3, -0.25) is 4.79 Å². The van der Waals surface area contributed by atoms with Crippen molar-refractivity contribution in [3.05, 3.63) is 35.9 Å². The monoisotopic (exact) mass is 231 g/mol. The summed E-state index contributed by atoms with van der Waals surface area (Å²) in [6.07, 6.45) is 4.43. The maximum absolute atomic E-state index is 12.1. The van der Waals surface area contributed by atoms with Crippen molar-refractivity contribution in [1.29, 1.82) is 0 Å². The van der Waals surface area contributed by atoms with Crippen molar-refractivity contribution in [2.75, 3.05) is 6.54 Å². The first-order chi connectivity index (χ1) is 8.31. The van der Waals surface area contributed by atoms with E-state index in [1.54, 1.807) is 0 Å². The van der Waals surface area contributed by atoms with E-state index in [-0.39, 0.29) is 0 Å². The minimum atomic E-state index is 0.329. The molecule has 1 amide bonds. The van der Waals surface area contributed by atoms with E-state index in [1.807, 2.05) is 23.1 Å². The Morgan fingerprint density at radius 3 is 2.59 bits per heavy atom. The third kappa shape index (κ3) is 3.58. The molecule has 0 saturated heterocycles. The average molecular weight is 231 g/mol. The molecule has 0 radical (unpaired) electrons. The molecule has 1 aromatic carbocycles. The second kappa shape index (κ2) is 5.85. The Morgan fingerprint density at radius 1 is 1.29 bits per heavy atom. The summed E-state index contributed by atoms with van der Waals surface area (Å²) in [5.41, 5.74) is 1.23. The van der Waals surface area contributed by atoms with Crippen LogP contribution in [0.2, 0.25) is 0 Å². The van der Waals surface area contributed by atoms with Crippen molar-refractivity contribution in [1.82, 2.24) is 4.90 Å². The van der Waals surface area contributed by atoms with Crippen LogP contribution in [0.25, 0.3) is 0 Å². The number of rotatable bonds is 6. The highest BCUT2D eigenvalue weighted by molar-refractivity contribution is 5.81. The summed E-state index contributed by atoms with van der Waals surface area (Å²) in [5.74, 6) is 0.692. The fraction of sp³-hybridized carbons (Fsp3) is 0.533. The fourth-order valence-corrected chi connectivity index (χ4v) is 2.01. The summed E-state index contributed by atoms with van der Waals surface area (Å²) in [5, 5.41) is 0. The van der Waals surface area contributed by atoms with E-state index >= 15 is 0 Å². The minimum absolute atomic E-state index is 0.329. The number of hydrogen-bond donors (Lipinski definition) is 0. The van der Waals surface area contributed by atoms with Gasteiger partial charge in [-0.1, -0.05) is 43.7 Å². The van der Waals surface area contributed by atoms with Gasteiger partial charge in [-0.25, -0.2) is 0 Å². The molecule has 0 aromatic heterocycles. The molecule has 0 atom stereocenters. The summed E-state index contributed by atoms with van der Waals surface area (Å²) >= 11 is 0. The van der Waals surface area contributed by atoms with Crippen LogP contribution < -0.4 is 0 Å². The highest BCUT2D eigenvalue weighted by atomic mass is 16.2. The Morgan fingerprint density at radius 2 is 2.00 bits per heavy atom. The zero-order valence-corrected chi connectivity index (χ0v) is 10.6. The van der Waals surface area contributed by atoms with Crippen molar-refractivity contribution in [3.63, 3.8) is 0 Å². The van der Waals surface area contributed by atoms with E-state index < -0.39 is 0 Å². The Labute approximate surface area is 104 Å². The van der Waals surface area contributed by atoms with Crippen molar-refractivity contribution in [2.24, 2.45) is 5.92 Å². The number of amides is 1. The Kier molecular flexibility index (Phi) is 4.18. The number of carbonyl (C=O) groups is 1. The van der Waals surface area contributed by atoms with Gasteiger partial charge in [0.2, 0.25) is 5.91 Å². The Bertz CT molecular complexity index is 356. The van der Waals surface area contributed by atoms with Crippen molar-refractivity contribution in [3.8, 4) is 0 Å². The van der Waals surface area contributed by atoms with Gasteiger partial charge >= 0.3 is 0 Å². The predicted octanol–water partition coefficient (Wildman–Crippen LogP) is 3.23. The summed E-state index contributed by atoms with van der Waals surface area (Å²) in [7, 11) is 0. The first kappa shape index (κ1) is 12.2. The number of benzene rings is 1. The molecule has 2 heteroatoms. The molecule has 0 aliphatic heterocycles. The number of hydrogen-bond acceptors (Lipinski definition) is 1. The van der Waals surface area contributed by atoms with Crippen LogP contribution in [0.4, 0.5) is 0 Å². The van der Waals surface area contributed by atoms with Crippen LogP contribution in [0, 0.1) is 5.92 Å². The normalized spacial score (nSPS) is 14.6. The highest BCUT2D eigenvalue weighted by Gasteiger charge is 2.33. The van der Waals surface area contributed by atoms with Crippen LogP contribution >= 0.6 is 0 Å². The second-order valence-electron chi connectivity index (χ2n) is 4.87. The third-order valence-corrected chi connectivity index (χ3v) is 3.24. The molecular formula is C15H21NO. The van der Waals surface area contributed by atoms with Crippen LogP contribution in [-0.2, 0) is 11.3 Å². The van der Waals surface area contributed by atoms with Gasteiger partial charge in [-0.15, -0.1) is 0 Å². The van der Waals surface area contributed by atoms with E-state index in [0.29, 0.717) is 11.8 Å². The van der Waals surface area contributed by atoms with Crippen molar-refractivity contribution >= 4 is 5.91 Å². The van der Waals surface area contributed by atoms with Crippen LogP contribution in [0.5, 0.6) is 0 Å². The summed E-state index contributed by atoms with van der Waals surface area (Å²) in [4.78, 5) is 14.2. The molecule has 17 heavy (non-hydrogen) atoms. The first-order valence-corrected chi connectivity index (χ1v) is 6.64. The summed E-state index contributed by atoms with van der Waals surface area (Å²) in [6, 6.07) is 10.3. The third-order valence-electron chi connectivity index (χ3n) is 3.24. The SMILES string of the molecule is CCCCN(Cc1ccccc1)C(=O)C1CC1. The van der Waals surface area contributed by atoms with Gasteiger partial charge in [0.25, 0.3) is 0 Å². The van der Waals surface area contributed by atoms with Gasteiger partial charge < -0.3 is 4.90 Å². The predicted molar refractivity (Wildman–Crippen MR) is 69.5 cm³/mol. The fourth-order valence-electron chi connectivity index (χ4n) is 2.01. The summed E-state index contributed by atoms with van der Waals surface area (Å²) in [6.45, 7) is 3.85. The van der Waals surface area contributed by atoms with Gasteiger partial charge in [0.15, 0.2) is 0 Å².